The fraction of sp³-hybridized carbons (Fsp3) is 0.750. The molecule has 0 amide bonds. The van der Waals surface area contributed by atoms with Crippen LogP contribution in [-0.2, 0) is 19.0 Å². The standard InChI is InChI=1S/C12H17N3O4/c1-4-17-11(16)8-5-7(14-15-13)6-9-10(8)19-12(2,3)18-9/h5,7,9-10H,4,6H2,1-3H3/t7-,9+,10-/m1/s1. The number of nitrogens with zero attached hydrogens (tertiary/aromatic N) is 3. The highest BCUT2D eigenvalue weighted by Gasteiger charge is 2.47. The summed E-state index contributed by atoms with van der Waals surface area (Å²) >= 11 is 0. The number of ether oxygens (including phenoxy) is 3. The van der Waals surface area contributed by atoms with Crippen LogP contribution in [-0.4, -0.2) is 36.6 Å². The summed E-state index contributed by atoms with van der Waals surface area (Å²) in [5.41, 5.74) is 8.91. The van der Waals surface area contributed by atoms with Crippen LogP contribution in [0, 0.1) is 0 Å². The molecule has 0 spiro atoms. The molecule has 2 aliphatic rings. The van der Waals surface area contributed by atoms with Crippen LogP contribution in [0.2, 0.25) is 0 Å². The minimum atomic E-state index is -0.758. The minimum absolute atomic E-state index is 0.282. The SMILES string of the molecule is CCOC(=O)C1=C[C@@H](N=[N+]=[N-])C[C@@H]2OC(C)(C)O[C@H]12. The molecule has 2 rings (SSSR count). The Morgan fingerprint density at radius 1 is 1.63 bits per heavy atom. The van der Waals surface area contributed by atoms with Gasteiger partial charge in [0.2, 0.25) is 0 Å². The molecule has 3 atom stereocenters. The summed E-state index contributed by atoms with van der Waals surface area (Å²) in [5, 5.41) is 3.65. The highest BCUT2D eigenvalue weighted by atomic mass is 16.8. The molecule has 1 heterocycles. The molecule has 0 aromatic carbocycles. The molecular weight excluding hydrogens is 250 g/mol. The Morgan fingerprint density at radius 2 is 2.37 bits per heavy atom. The summed E-state index contributed by atoms with van der Waals surface area (Å²) in [6, 6.07) is -0.414. The van der Waals surface area contributed by atoms with Crippen molar-refractivity contribution < 1.29 is 19.0 Å². The average Bonchev–Trinajstić information content (AvgIpc) is 2.62. The molecule has 0 aromatic heterocycles. The number of esters is 1. The minimum Gasteiger partial charge on any atom is -0.463 e. The number of hydrogen-bond donors (Lipinski definition) is 0. The van der Waals surface area contributed by atoms with E-state index in [9.17, 15) is 4.79 Å². The van der Waals surface area contributed by atoms with E-state index in [4.69, 9.17) is 19.7 Å². The van der Waals surface area contributed by atoms with Gasteiger partial charge >= 0.3 is 5.97 Å². The summed E-state index contributed by atoms with van der Waals surface area (Å²) in [6.07, 6.45) is 1.36. The molecule has 104 valence electrons. The largest absolute Gasteiger partial charge is 0.463 e. The monoisotopic (exact) mass is 267 g/mol. The van der Waals surface area contributed by atoms with Gasteiger partial charge < -0.3 is 14.2 Å². The maximum atomic E-state index is 11.9. The molecule has 0 saturated carbocycles. The van der Waals surface area contributed by atoms with E-state index in [1.165, 1.54) is 0 Å². The molecule has 7 nitrogen and oxygen atoms in total. The summed E-state index contributed by atoms with van der Waals surface area (Å²) < 4.78 is 16.5. The van der Waals surface area contributed by atoms with Crippen LogP contribution in [0.1, 0.15) is 27.2 Å². The normalized spacial score (nSPS) is 31.9. The maximum absolute atomic E-state index is 11.9. The lowest BCUT2D eigenvalue weighted by atomic mass is 9.91. The van der Waals surface area contributed by atoms with E-state index in [2.05, 4.69) is 10.0 Å². The van der Waals surface area contributed by atoms with Crippen molar-refractivity contribution in [3.8, 4) is 0 Å². The predicted octanol–water partition coefficient (Wildman–Crippen LogP) is 2.08. The summed E-state index contributed by atoms with van der Waals surface area (Å²) in [7, 11) is 0. The van der Waals surface area contributed by atoms with Gasteiger partial charge in [-0.25, -0.2) is 4.79 Å². The summed E-state index contributed by atoms with van der Waals surface area (Å²) in [5.74, 6) is -1.21. The number of hydrogen-bond acceptors (Lipinski definition) is 5. The van der Waals surface area contributed by atoms with Gasteiger partial charge in [0.15, 0.2) is 5.79 Å². The third-order valence-corrected chi connectivity index (χ3v) is 3.05. The highest BCUT2D eigenvalue weighted by Crippen LogP contribution is 2.38. The third-order valence-electron chi connectivity index (χ3n) is 3.05. The lowest BCUT2D eigenvalue weighted by Crippen LogP contribution is -2.36. The lowest BCUT2D eigenvalue weighted by molar-refractivity contribution is -0.148. The van der Waals surface area contributed by atoms with Crippen molar-refractivity contribution in [1.82, 2.24) is 0 Å². The molecule has 1 saturated heterocycles. The van der Waals surface area contributed by atoms with Crippen molar-refractivity contribution in [2.75, 3.05) is 6.61 Å². The molecular formula is C12H17N3O4. The second-order valence-corrected chi connectivity index (χ2v) is 4.95. The van der Waals surface area contributed by atoms with Crippen molar-refractivity contribution in [3.05, 3.63) is 22.1 Å². The first-order valence-electron chi connectivity index (χ1n) is 6.25. The van der Waals surface area contributed by atoms with Crippen molar-refractivity contribution in [2.24, 2.45) is 5.11 Å². The molecule has 0 radical (unpaired) electrons. The number of carbonyl (C=O) groups is 1. The fourth-order valence-corrected chi connectivity index (χ4v) is 2.42. The number of azide groups is 1. The Morgan fingerprint density at radius 3 is 3.00 bits per heavy atom. The molecule has 1 aliphatic carbocycles. The van der Waals surface area contributed by atoms with Gasteiger partial charge in [0.25, 0.3) is 0 Å². The topological polar surface area (TPSA) is 93.5 Å². The zero-order chi connectivity index (χ0) is 14.0. The molecule has 19 heavy (non-hydrogen) atoms. The second-order valence-electron chi connectivity index (χ2n) is 4.95. The van der Waals surface area contributed by atoms with Crippen LogP contribution in [0.5, 0.6) is 0 Å². The fourth-order valence-electron chi connectivity index (χ4n) is 2.42. The van der Waals surface area contributed by atoms with Crippen LogP contribution in [0.15, 0.2) is 16.8 Å². The highest BCUT2D eigenvalue weighted by molar-refractivity contribution is 5.90. The third kappa shape index (κ3) is 2.89. The molecule has 0 unspecified atom stereocenters. The van der Waals surface area contributed by atoms with E-state index in [1.54, 1.807) is 26.8 Å². The first-order chi connectivity index (χ1) is 8.96. The smallest absolute Gasteiger partial charge is 0.336 e. The Labute approximate surface area is 111 Å². The van der Waals surface area contributed by atoms with Crippen molar-refractivity contribution >= 4 is 5.97 Å². The van der Waals surface area contributed by atoms with Crippen LogP contribution < -0.4 is 0 Å². The van der Waals surface area contributed by atoms with Gasteiger partial charge in [0.05, 0.1) is 24.3 Å². The van der Waals surface area contributed by atoms with Gasteiger partial charge in [-0.1, -0.05) is 11.2 Å². The molecule has 7 heteroatoms. The Hall–Kier alpha value is -1.56. The van der Waals surface area contributed by atoms with Gasteiger partial charge in [-0.3, -0.25) is 0 Å². The van der Waals surface area contributed by atoms with Crippen LogP contribution in [0.3, 0.4) is 0 Å². The first kappa shape index (κ1) is 13.9. The van der Waals surface area contributed by atoms with E-state index in [0.29, 0.717) is 12.0 Å². The molecule has 0 aromatic rings. The zero-order valence-corrected chi connectivity index (χ0v) is 11.2. The van der Waals surface area contributed by atoms with Gasteiger partial charge in [0.1, 0.15) is 6.10 Å². The summed E-state index contributed by atoms with van der Waals surface area (Å²) in [6.45, 7) is 5.59. The van der Waals surface area contributed by atoms with Crippen molar-refractivity contribution in [3.63, 3.8) is 0 Å². The van der Waals surface area contributed by atoms with Gasteiger partial charge in [-0.05, 0) is 32.7 Å². The van der Waals surface area contributed by atoms with Crippen LogP contribution in [0.25, 0.3) is 10.4 Å². The number of carbonyl (C=O) groups excluding carboxylic acids is 1. The number of fused-ring (bicyclic) bond motifs is 1. The molecule has 0 N–H and O–H groups in total. The maximum Gasteiger partial charge on any atom is 0.336 e. The van der Waals surface area contributed by atoms with E-state index in [1.807, 2.05) is 0 Å². The van der Waals surface area contributed by atoms with Crippen molar-refractivity contribution in [1.29, 1.82) is 0 Å². The Kier molecular flexibility index (Phi) is 3.80. The lowest BCUT2D eigenvalue weighted by Gasteiger charge is -2.25. The van der Waals surface area contributed by atoms with Gasteiger partial charge in [0, 0.05) is 4.91 Å². The Bertz CT molecular complexity index is 454. The van der Waals surface area contributed by atoms with E-state index in [-0.39, 0.29) is 12.7 Å². The van der Waals surface area contributed by atoms with Crippen molar-refractivity contribution in [2.45, 2.75) is 51.2 Å². The van der Waals surface area contributed by atoms with E-state index < -0.39 is 23.9 Å². The van der Waals surface area contributed by atoms with Gasteiger partial charge in [-0.2, -0.15) is 0 Å². The molecule has 0 bridgehead atoms. The van der Waals surface area contributed by atoms with Crippen LogP contribution >= 0.6 is 0 Å². The van der Waals surface area contributed by atoms with E-state index >= 15 is 0 Å². The average molecular weight is 267 g/mol. The van der Waals surface area contributed by atoms with Crippen LogP contribution in [0.4, 0.5) is 0 Å². The molecule has 1 fully saturated rings. The van der Waals surface area contributed by atoms with E-state index in [0.717, 1.165) is 0 Å². The quantitative estimate of drug-likeness (QED) is 0.338. The predicted molar refractivity (Wildman–Crippen MR) is 66.1 cm³/mol. The Balaban J connectivity index is 2.29. The number of rotatable bonds is 3. The first-order valence-corrected chi connectivity index (χ1v) is 6.25. The van der Waals surface area contributed by atoms with Gasteiger partial charge in [-0.15, -0.1) is 0 Å². The zero-order valence-electron chi connectivity index (χ0n) is 11.2. The molecule has 1 aliphatic heterocycles. The summed E-state index contributed by atoms with van der Waals surface area (Å²) in [4.78, 5) is 14.7. The second kappa shape index (κ2) is 5.21.